The number of aliphatic hydroxyl groups is 1. The van der Waals surface area contributed by atoms with Gasteiger partial charge in [-0.2, -0.15) is 4.98 Å². The van der Waals surface area contributed by atoms with Crippen molar-refractivity contribution in [1.29, 1.82) is 0 Å². The molecule has 2 aliphatic rings. The second kappa shape index (κ2) is 7.13. The Hall–Kier alpha value is -0.710. The number of fused-ring (bicyclic) bond motifs is 1. The zero-order valence-electron chi connectivity index (χ0n) is 14.3. The van der Waals surface area contributed by atoms with Gasteiger partial charge in [0.25, 0.3) is 5.82 Å². The molecule has 2 fully saturated rings. The number of aliphatic hydroxyl groups excluding tert-OH is 1. The Balaban J connectivity index is 1.85. The number of anilines is 1. The Morgan fingerprint density at radius 3 is 2.72 bits per heavy atom. The van der Waals surface area contributed by atoms with Crippen molar-refractivity contribution in [1.82, 2.24) is 9.97 Å². The van der Waals surface area contributed by atoms with Crippen molar-refractivity contribution >= 4 is 34.9 Å². The van der Waals surface area contributed by atoms with Crippen LogP contribution in [0.5, 0.6) is 0 Å². The van der Waals surface area contributed by atoms with Gasteiger partial charge in [0, 0.05) is 5.75 Å². The third kappa shape index (κ3) is 3.72. The zero-order valence-corrected chi connectivity index (χ0v) is 15.9. The monoisotopic (exact) mass is 393 g/mol. The summed E-state index contributed by atoms with van der Waals surface area (Å²) in [6.07, 6.45) is -3.18. The summed E-state index contributed by atoms with van der Waals surface area (Å²) in [4.78, 5) is 8.53. The summed E-state index contributed by atoms with van der Waals surface area (Å²) in [6, 6.07) is -0.737. The maximum absolute atomic E-state index is 14.6. The Morgan fingerprint density at radius 2 is 2.04 bits per heavy atom. The molecule has 140 valence electrons. The van der Waals surface area contributed by atoms with Crippen LogP contribution in [0.15, 0.2) is 5.16 Å². The number of halogens is 2. The van der Waals surface area contributed by atoms with Crippen molar-refractivity contribution < 1.29 is 24.3 Å². The van der Waals surface area contributed by atoms with Gasteiger partial charge >= 0.3 is 0 Å². The highest BCUT2D eigenvalue weighted by atomic mass is 35.5. The molecule has 0 amide bonds. The van der Waals surface area contributed by atoms with Crippen LogP contribution >= 0.6 is 23.4 Å². The van der Waals surface area contributed by atoms with Crippen LogP contribution in [0, 0.1) is 0 Å². The predicted octanol–water partition coefficient (Wildman–Crippen LogP) is 1.01. The Bertz CT molecular complexity index is 653. The fourth-order valence-corrected chi connectivity index (χ4v) is 4.09. The van der Waals surface area contributed by atoms with Crippen LogP contribution in [-0.2, 0) is 9.47 Å². The molecule has 2 heterocycles. The number of nitrogen functional groups attached to an aromatic ring is 1. The Labute approximate surface area is 154 Å². The summed E-state index contributed by atoms with van der Waals surface area (Å²) in [5.74, 6) is 0.315. The molecule has 1 aliphatic heterocycles. The van der Waals surface area contributed by atoms with Crippen LogP contribution < -0.4 is 11.1 Å². The molecule has 1 aromatic heterocycles. The van der Waals surface area contributed by atoms with E-state index < -0.39 is 36.3 Å². The Kier molecular flexibility index (Phi) is 5.44. The second-order valence-corrected chi connectivity index (χ2v) is 8.11. The normalized spacial score (nSPS) is 33.6. The van der Waals surface area contributed by atoms with Gasteiger partial charge in [0.1, 0.15) is 18.3 Å². The number of quaternary nitrogens is 1. The van der Waals surface area contributed by atoms with Crippen molar-refractivity contribution in [2.24, 2.45) is 0 Å². The summed E-state index contributed by atoms with van der Waals surface area (Å²) < 4.78 is 26.0. The molecule has 5 atom stereocenters. The highest BCUT2D eigenvalue weighted by molar-refractivity contribution is 7.99. The highest BCUT2D eigenvalue weighted by Crippen LogP contribution is 2.39. The molecule has 0 aromatic carbocycles. The number of thioether (sulfide) groups is 1. The standard InChI is InChI=1S/C15H22ClFN4O3S/c1-4-5-25-14-20-12(16)7(18)13(21-14)19-8-6(17)9(22)11-10(8)23-15(2,3)24-11/h6,8-11,22H,4-5,18H2,1-3H3,(H,19,20,21)/p+1. The zero-order chi connectivity index (χ0) is 18.4. The van der Waals surface area contributed by atoms with E-state index in [9.17, 15) is 9.50 Å². The fraction of sp³-hybridized carbons (Fsp3) is 0.733. The fourth-order valence-electron chi connectivity index (χ4n) is 3.16. The largest absolute Gasteiger partial charge is 0.390 e. The molecule has 25 heavy (non-hydrogen) atoms. The van der Waals surface area contributed by atoms with Crippen molar-refractivity contribution in [3.8, 4) is 0 Å². The molecule has 1 saturated carbocycles. The lowest BCUT2D eigenvalue weighted by Gasteiger charge is -2.23. The summed E-state index contributed by atoms with van der Waals surface area (Å²) in [5.41, 5.74) is 6.16. The minimum atomic E-state index is -1.54. The van der Waals surface area contributed by atoms with Gasteiger partial charge in [0.15, 0.2) is 34.0 Å². The highest BCUT2D eigenvalue weighted by Gasteiger charge is 2.61. The number of hydrogen-bond acceptors (Lipinski definition) is 7. The SMILES string of the molecule is CCCSc1nc(Cl)c(N)c([NH2+]C2C(F)C(O)C3OC(C)(C)OC23)n1. The van der Waals surface area contributed by atoms with Gasteiger partial charge in [-0.15, -0.1) is 0 Å². The summed E-state index contributed by atoms with van der Waals surface area (Å²) in [5, 5.41) is 12.3. The first kappa shape index (κ1) is 19.1. The molecular weight excluding hydrogens is 371 g/mol. The van der Waals surface area contributed by atoms with Crippen molar-refractivity contribution in [2.75, 3.05) is 11.5 Å². The molecule has 5 N–H and O–H groups in total. The van der Waals surface area contributed by atoms with Crippen LogP contribution in [0.1, 0.15) is 27.2 Å². The lowest BCUT2D eigenvalue weighted by atomic mass is 10.2. The number of nitrogens with zero attached hydrogens (tertiary/aromatic N) is 2. The van der Waals surface area contributed by atoms with Gasteiger partial charge in [-0.25, -0.2) is 9.37 Å². The topological polar surface area (TPSA) is 107 Å². The van der Waals surface area contributed by atoms with Crippen LogP contribution in [0.2, 0.25) is 5.15 Å². The third-order valence-corrected chi connectivity index (χ3v) is 5.61. The summed E-state index contributed by atoms with van der Waals surface area (Å²) in [7, 11) is 0. The lowest BCUT2D eigenvalue weighted by molar-refractivity contribution is -0.627. The van der Waals surface area contributed by atoms with Crippen LogP contribution in [0.25, 0.3) is 0 Å². The summed E-state index contributed by atoms with van der Waals surface area (Å²) >= 11 is 7.55. The number of aromatic nitrogens is 2. The molecule has 5 unspecified atom stereocenters. The van der Waals surface area contributed by atoms with Gasteiger partial charge in [-0.3, -0.25) is 5.32 Å². The van der Waals surface area contributed by atoms with Gasteiger partial charge in [0.2, 0.25) is 0 Å². The van der Waals surface area contributed by atoms with Crippen LogP contribution in [0.4, 0.5) is 15.9 Å². The van der Waals surface area contributed by atoms with E-state index in [0.29, 0.717) is 11.0 Å². The minimum absolute atomic E-state index is 0.134. The molecule has 0 spiro atoms. The maximum Gasteiger partial charge on any atom is 0.253 e. The molecule has 0 bridgehead atoms. The van der Waals surface area contributed by atoms with E-state index >= 15 is 0 Å². The minimum Gasteiger partial charge on any atom is -0.390 e. The van der Waals surface area contributed by atoms with Crippen molar-refractivity contribution in [3.05, 3.63) is 5.15 Å². The maximum atomic E-state index is 14.6. The first-order valence-electron chi connectivity index (χ1n) is 8.22. The molecule has 1 aromatic rings. The predicted molar refractivity (Wildman–Crippen MR) is 92.6 cm³/mol. The first-order valence-corrected chi connectivity index (χ1v) is 9.58. The number of ether oxygens (including phenoxy) is 2. The molecule has 3 rings (SSSR count). The molecular formula is C15H23ClFN4O3S+. The quantitative estimate of drug-likeness (QED) is 0.389. The van der Waals surface area contributed by atoms with E-state index in [-0.39, 0.29) is 10.8 Å². The smallest absolute Gasteiger partial charge is 0.253 e. The van der Waals surface area contributed by atoms with Gasteiger partial charge < -0.3 is 20.3 Å². The Morgan fingerprint density at radius 1 is 1.36 bits per heavy atom. The number of alkyl halides is 1. The molecule has 0 radical (unpaired) electrons. The van der Waals surface area contributed by atoms with E-state index in [2.05, 4.69) is 9.97 Å². The van der Waals surface area contributed by atoms with Crippen molar-refractivity contribution in [3.63, 3.8) is 0 Å². The average molecular weight is 394 g/mol. The van der Waals surface area contributed by atoms with Crippen LogP contribution in [0.3, 0.4) is 0 Å². The van der Waals surface area contributed by atoms with Gasteiger partial charge in [-0.1, -0.05) is 30.3 Å². The van der Waals surface area contributed by atoms with E-state index in [4.69, 9.17) is 26.8 Å². The average Bonchev–Trinajstić information content (AvgIpc) is 2.97. The first-order chi connectivity index (χ1) is 11.7. The number of rotatable bonds is 5. The van der Waals surface area contributed by atoms with Gasteiger partial charge in [-0.05, 0) is 20.3 Å². The van der Waals surface area contributed by atoms with E-state index in [0.717, 1.165) is 12.2 Å². The lowest BCUT2D eigenvalue weighted by Crippen LogP contribution is -2.89. The van der Waals surface area contributed by atoms with E-state index in [1.165, 1.54) is 11.8 Å². The molecule has 1 saturated heterocycles. The van der Waals surface area contributed by atoms with Crippen molar-refractivity contribution in [2.45, 2.75) is 68.7 Å². The summed E-state index contributed by atoms with van der Waals surface area (Å²) in [6.45, 7) is 5.52. The van der Waals surface area contributed by atoms with E-state index in [1.807, 2.05) is 6.92 Å². The molecule has 7 nitrogen and oxygen atoms in total. The third-order valence-electron chi connectivity index (χ3n) is 4.27. The van der Waals surface area contributed by atoms with Crippen LogP contribution in [-0.4, -0.2) is 57.1 Å². The molecule has 10 heteroatoms. The van der Waals surface area contributed by atoms with Gasteiger partial charge in [0.05, 0.1) is 0 Å². The number of nitrogens with two attached hydrogens (primary N) is 2. The molecule has 1 aliphatic carbocycles. The van der Waals surface area contributed by atoms with E-state index in [1.54, 1.807) is 19.2 Å². The number of hydrogen-bond donors (Lipinski definition) is 3. The second-order valence-electron chi connectivity index (χ2n) is 6.69.